The minimum Gasteiger partial charge on any atom is -0.455 e. The minimum absolute atomic E-state index is 0.232. The highest BCUT2D eigenvalue weighted by Gasteiger charge is 2.09. The standard InChI is InChI=1S/C11H14N4O2/c12-7-9-1-2-10(17-9)11(16)14-4-6-15-5-3-13-8-15/h1-3,5,8H,4,6-7,12H2,(H,14,16). The molecule has 0 saturated heterocycles. The summed E-state index contributed by atoms with van der Waals surface area (Å²) >= 11 is 0. The smallest absolute Gasteiger partial charge is 0.287 e. The van der Waals surface area contributed by atoms with Crippen molar-refractivity contribution >= 4 is 5.91 Å². The number of nitrogens with zero attached hydrogens (tertiary/aromatic N) is 2. The number of carbonyl (C=O) groups is 1. The molecule has 2 rings (SSSR count). The number of rotatable bonds is 5. The van der Waals surface area contributed by atoms with Gasteiger partial charge in [-0.05, 0) is 12.1 Å². The molecule has 3 N–H and O–H groups in total. The van der Waals surface area contributed by atoms with E-state index in [0.29, 0.717) is 25.4 Å². The van der Waals surface area contributed by atoms with Gasteiger partial charge in [0.1, 0.15) is 5.76 Å². The molecule has 6 nitrogen and oxygen atoms in total. The van der Waals surface area contributed by atoms with Gasteiger partial charge in [-0.15, -0.1) is 0 Å². The fourth-order valence-corrected chi connectivity index (χ4v) is 1.41. The first-order valence-electron chi connectivity index (χ1n) is 5.32. The Morgan fingerprint density at radius 2 is 2.41 bits per heavy atom. The molecule has 0 unspecified atom stereocenters. The topological polar surface area (TPSA) is 86.1 Å². The molecule has 6 heteroatoms. The first-order chi connectivity index (χ1) is 8.29. The summed E-state index contributed by atoms with van der Waals surface area (Å²) in [5, 5.41) is 2.75. The van der Waals surface area contributed by atoms with Gasteiger partial charge >= 0.3 is 0 Å². The molecule has 2 aromatic heterocycles. The maximum atomic E-state index is 11.6. The van der Waals surface area contributed by atoms with E-state index in [-0.39, 0.29) is 11.7 Å². The first-order valence-corrected chi connectivity index (χ1v) is 5.32. The molecule has 0 radical (unpaired) electrons. The van der Waals surface area contributed by atoms with Crippen LogP contribution in [0.1, 0.15) is 16.3 Å². The average molecular weight is 234 g/mol. The Morgan fingerprint density at radius 1 is 1.53 bits per heavy atom. The molecule has 0 aromatic carbocycles. The van der Waals surface area contributed by atoms with Gasteiger partial charge in [-0.25, -0.2) is 4.98 Å². The van der Waals surface area contributed by atoms with Crippen LogP contribution in [-0.2, 0) is 13.1 Å². The summed E-state index contributed by atoms with van der Waals surface area (Å²) in [5.74, 6) is 0.658. The number of aromatic nitrogens is 2. The number of hydrogen-bond donors (Lipinski definition) is 2. The lowest BCUT2D eigenvalue weighted by Crippen LogP contribution is -2.26. The Bertz CT molecular complexity index is 475. The molecule has 0 spiro atoms. The van der Waals surface area contributed by atoms with Crippen LogP contribution in [0.5, 0.6) is 0 Å². The third-order valence-corrected chi connectivity index (χ3v) is 2.30. The third kappa shape index (κ3) is 2.94. The van der Waals surface area contributed by atoms with E-state index in [0.717, 1.165) is 0 Å². The Kier molecular flexibility index (Phi) is 3.56. The lowest BCUT2D eigenvalue weighted by Gasteiger charge is -2.03. The molecule has 0 aliphatic carbocycles. The van der Waals surface area contributed by atoms with Crippen molar-refractivity contribution in [2.75, 3.05) is 6.54 Å². The van der Waals surface area contributed by atoms with Gasteiger partial charge in [0, 0.05) is 25.5 Å². The Morgan fingerprint density at radius 3 is 3.06 bits per heavy atom. The second kappa shape index (κ2) is 5.31. The highest BCUT2D eigenvalue weighted by molar-refractivity contribution is 5.91. The first kappa shape index (κ1) is 11.4. The second-order valence-corrected chi connectivity index (χ2v) is 3.53. The largest absolute Gasteiger partial charge is 0.455 e. The highest BCUT2D eigenvalue weighted by atomic mass is 16.4. The quantitative estimate of drug-likeness (QED) is 0.782. The number of carbonyl (C=O) groups excluding carboxylic acids is 1. The third-order valence-electron chi connectivity index (χ3n) is 2.30. The number of furan rings is 1. The van der Waals surface area contributed by atoms with Crippen LogP contribution >= 0.6 is 0 Å². The summed E-state index contributed by atoms with van der Waals surface area (Å²) in [4.78, 5) is 15.5. The Labute approximate surface area is 98.4 Å². The van der Waals surface area contributed by atoms with E-state index >= 15 is 0 Å². The second-order valence-electron chi connectivity index (χ2n) is 3.53. The zero-order chi connectivity index (χ0) is 12.1. The fourth-order valence-electron chi connectivity index (χ4n) is 1.41. The van der Waals surface area contributed by atoms with Gasteiger partial charge in [-0.2, -0.15) is 0 Å². The molecule has 90 valence electrons. The Hall–Kier alpha value is -2.08. The van der Waals surface area contributed by atoms with Crippen LogP contribution in [0.25, 0.3) is 0 Å². The minimum atomic E-state index is -0.232. The summed E-state index contributed by atoms with van der Waals surface area (Å²) < 4.78 is 7.11. The molecule has 0 aliphatic rings. The van der Waals surface area contributed by atoms with E-state index in [2.05, 4.69) is 10.3 Å². The number of hydrogen-bond acceptors (Lipinski definition) is 4. The van der Waals surface area contributed by atoms with Crippen molar-refractivity contribution in [3.05, 3.63) is 42.4 Å². The van der Waals surface area contributed by atoms with Gasteiger partial charge in [-0.1, -0.05) is 0 Å². The van der Waals surface area contributed by atoms with E-state index in [1.165, 1.54) is 0 Å². The lowest BCUT2D eigenvalue weighted by molar-refractivity contribution is 0.0923. The fraction of sp³-hybridized carbons (Fsp3) is 0.273. The Balaban J connectivity index is 1.81. The summed E-state index contributed by atoms with van der Waals surface area (Å²) in [5.41, 5.74) is 5.39. The van der Waals surface area contributed by atoms with Crippen LogP contribution in [-0.4, -0.2) is 22.0 Å². The molecule has 0 bridgehead atoms. The van der Waals surface area contributed by atoms with E-state index in [1.807, 2.05) is 10.8 Å². The predicted octanol–water partition coefficient (Wildman–Crippen LogP) is 0.365. The lowest BCUT2D eigenvalue weighted by atomic mass is 10.4. The maximum Gasteiger partial charge on any atom is 0.287 e. The van der Waals surface area contributed by atoms with Crippen LogP contribution in [0.4, 0.5) is 0 Å². The molecule has 1 amide bonds. The van der Waals surface area contributed by atoms with E-state index in [4.69, 9.17) is 10.2 Å². The molecule has 17 heavy (non-hydrogen) atoms. The van der Waals surface area contributed by atoms with Crippen molar-refractivity contribution < 1.29 is 9.21 Å². The van der Waals surface area contributed by atoms with Crippen LogP contribution < -0.4 is 11.1 Å². The van der Waals surface area contributed by atoms with Gasteiger partial charge in [-0.3, -0.25) is 4.79 Å². The van der Waals surface area contributed by atoms with Gasteiger partial charge < -0.3 is 20.0 Å². The van der Waals surface area contributed by atoms with Crippen LogP contribution in [0.2, 0.25) is 0 Å². The van der Waals surface area contributed by atoms with Crippen molar-refractivity contribution in [2.45, 2.75) is 13.1 Å². The summed E-state index contributed by atoms with van der Waals surface area (Å²) in [7, 11) is 0. The average Bonchev–Trinajstić information content (AvgIpc) is 2.99. The van der Waals surface area contributed by atoms with Gasteiger partial charge in [0.15, 0.2) is 5.76 Å². The molecule has 0 saturated carbocycles. The van der Waals surface area contributed by atoms with E-state index in [1.54, 1.807) is 24.7 Å². The van der Waals surface area contributed by atoms with Crippen LogP contribution in [0.3, 0.4) is 0 Å². The number of nitrogens with two attached hydrogens (primary N) is 1. The van der Waals surface area contributed by atoms with Crippen LogP contribution in [0.15, 0.2) is 35.3 Å². The van der Waals surface area contributed by atoms with Crippen molar-refractivity contribution in [2.24, 2.45) is 5.73 Å². The van der Waals surface area contributed by atoms with E-state index in [9.17, 15) is 4.79 Å². The molecular weight excluding hydrogens is 220 g/mol. The number of nitrogens with one attached hydrogen (secondary N) is 1. The number of amides is 1. The molecule has 0 aliphatic heterocycles. The normalized spacial score (nSPS) is 10.4. The molecule has 0 atom stereocenters. The zero-order valence-electron chi connectivity index (χ0n) is 9.30. The monoisotopic (exact) mass is 234 g/mol. The van der Waals surface area contributed by atoms with Crippen molar-refractivity contribution in [1.82, 2.24) is 14.9 Å². The summed E-state index contributed by atoms with van der Waals surface area (Å²) in [6.07, 6.45) is 5.24. The van der Waals surface area contributed by atoms with Crippen LogP contribution in [0, 0.1) is 0 Å². The SMILES string of the molecule is NCc1ccc(C(=O)NCCn2ccnc2)o1. The van der Waals surface area contributed by atoms with E-state index < -0.39 is 0 Å². The predicted molar refractivity (Wildman–Crippen MR) is 61.2 cm³/mol. The van der Waals surface area contributed by atoms with Crippen molar-refractivity contribution in [3.8, 4) is 0 Å². The summed E-state index contributed by atoms with van der Waals surface area (Å²) in [6, 6.07) is 3.32. The molecule has 2 aromatic rings. The van der Waals surface area contributed by atoms with Crippen molar-refractivity contribution in [3.63, 3.8) is 0 Å². The number of imidazole rings is 1. The van der Waals surface area contributed by atoms with Gasteiger partial charge in [0.2, 0.25) is 0 Å². The molecular formula is C11H14N4O2. The van der Waals surface area contributed by atoms with Gasteiger partial charge in [0.25, 0.3) is 5.91 Å². The zero-order valence-corrected chi connectivity index (χ0v) is 9.30. The van der Waals surface area contributed by atoms with Gasteiger partial charge in [0.05, 0.1) is 12.9 Å². The highest BCUT2D eigenvalue weighted by Crippen LogP contribution is 2.06. The maximum absolute atomic E-state index is 11.6. The molecule has 0 fully saturated rings. The van der Waals surface area contributed by atoms with Crippen molar-refractivity contribution in [1.29, 1.82) is 0 Å². The molecule has 2 heterocycles. The summed E-state index contributed by atoms with van der Waals surface area (Å²) in [6.45, 7) is 1.49.